The summed E-state index contributed by atoms with van der Waals surface area (Å²) >= 11 is 0. The van der Waals surface area contributed by atoms with Gasteiger partial charge in [0.05, 0.1) is 35.5 Å². The lowest BCUT2D eigenvalue weighted by Crippen LogP contribution is -2.32. The van der Waals surface area contributed by atoms with Crippen LogP contribution in [0.2, 0.25) is 0 Å². The van der Waals surface area contributed by atoms with Crippen molar-refractivity contribution in [2.45, 2.75) is 50.9 Å². The van der Waals surface area contributed by atoms with E-state index in [1.165, 1.54) is 11.9 Å². The number of aromatic nitrogens is 4. The number of anilines is 2. The maximum absolute atomic E-state index is 13.7. The van der Waals surface area contributed by atoms with Crippen LogP contribution in [0.15, 0.2) is 30.3 Å². The Balaban J connectivity index is 1.92. The first kappa shape index (κ1) is 29.9. The van der Waals surface area contributed by atoms with Crippen LogP contribution >= 0.6 is 0 Å². The minimum Gasteiger partial charge on any atom is -0.465 e. The molecule has 8 nitrogen and oxygen atoms in total. The van der Waals surface area contributed by atoms with E-state index in [0.29, 0.717) is 12.1 Å². The second-order valence-corrected chi connectivity index (χ2v) is 9.39. The van der Waals surface area contributed by atoms with Gasteiger partial charge in [0, 0.05) is 13.1 Å². The van der Waals surface area contributed by atoms with E-state index in [2.05, 4.69) is 15.4 Å². The number of aryl methyl sites for hydroxylation is 1. The third-order valence-electron chi connectivity index (χ3n) is 6.62. The Labute approximate surface area is 226 Å². The van der Waals surface area contributed by atoms with Crippen LogP contribution in [0, 0.1) is 6.92 Å². The Bertz CT molecular complexity index is 1420. The number of fused-ring (bicyclic) bond motifs is 1. The molecular formula is C24H21F9N6O2. The molecule has 1 aromatic heterocycles. The van der Waals surface area contributed by atoms with Crippen LogP contribution in [0.25, 0.3) is 0 Å². The fourth-order valence-corrected chi connectivity index (χ4v) is 4.90. The maximum atomic E-state index is 13.7. The standard InChI is InChI=1S/C24H21F9N6O2/c1-12-17(24(31,32)33)6-5-16-18(4-3-7-38(19(12)16)21(40)41)39(20-34-36-37(2)35-20)11-13-8-14(22(25,26)27)10-15(9-13)23(28,29)30/h5-6,8-10,18H,3-4,7,11H2,1-2H3,(H,40,41). The van der Waals surface area contributed by atoms with E-state index in [1.54, 1.807) is 0 Å². The molecule has 17 heteroatoms. The lowest BCUT2D eigenvalue weighted by atomic mass is 9.94. The molecule has 2 aromatic carbocycles. The minimum atomic E-state index is -5.12. The highest BCUT2D eigenvalue weighted by Crippen LogP contribution is 2.45. The number of rotatable bonds is 4. The largest absolute Gasteiger partial charge is 0.465 e. The summed E-state index contributed by atoms with van der Waals surface area (Å²) in [5.41, 5.74) is -5.30. The fraction of sp³-hybridized carbons (Fsp3) is 0.417. The van der Waals surface area contributed by atoms with Gasteiger partial charge in [-0.05, 0) is 65.9 Å². The molecule has 0 aliphatic carbocycles. The van der Waals surface area contributed by atoms with E-state index in [-0.39, 0.29) is 42.7 Å². The molecule has 1 amide bonds. The van der Waals surface area contributed by atoms with Crippen LogP contribution in [0.5, 0.6) is 0 Å². The first-order chi connectivity index (χ1) is 18.9. The molecule has 0 saturated carbocycles. The van der Waals surface area contributed by atoms with Gasteiger partial charge in [-0.1, -0.05) is 11.2 Å². The van der Waals surface area contributed by atoms with E-state index in [0.717, 1.165) is 28.8 Å². The zero-order valence-corrected chi connectivity index (χ0v) is 21.2. The quantitative estimate of drug-likeness (QED) is 0.342. The molecular weight excluding hydrogens is 575 g/mol. The number of hydrogen-bond donors (Lipinski definition) is 1. The van der Waals surface area contributed by atoms with Gasteiger partial charge >= 0.3 is 24.6 Å². The summed E-state index contributed by atoms with van der Waals surface area (Å²) in [5.74, 6) is -0.240. The van der Waals surface area contributed by atoms with Crippen LogP contribution in [0.4, 0.5) is 55.9 Å². The van der Waals surface area contributed by atoms with Gasteiger partial charge in [-0.3, -0.25) is 4.90 Å². The zero-order valence-electron chi connectivity index (χ0n) is 21.2. The highest BCUT2D eigenvalue weighted by atomic mass is 19.4. The predicted molar refractivity (Wildman–Crippen MR) is 125 cm³/mol. The Morgan fingerprint density at radius 2 is 1.61 bits per heavy atom. The molecule has 4 rings (SSSR count). The molecule has 1 aliphatic heterocycles. The SMILES string of the molecule is Cc1c(C(F)(F)F)ccc2c1N(C(=O)O)CCCC2N(Cc1cc(C(F)(F)F)cc(C(F)(F)F)c1)c1nnn(C)n1. The van der Waals surface area contributed by atoms with Crippen molar-refractivity contribution in [2.24, 2.45) is 7.05 Å². The van der Waals surface area contributed by atoms with Crippen molar-refractivity contribution in [1.82, 2.24) is 20.2 Å². The second-order valence-electron chi connectivity index (χ2n) is 9.39. The maximum Gasteiger partial charge on any atom is 0.416 e. The first-order valence-electron chi connectivity index (χ1n) is 11.9. The van der Waals surface area contributed by atoms with Gasteiger partial charge in [0.15, 0.2) is 0 Å². The van der Waals surface area contributed by atoms with Crippen LogP contribution in [0.1, 0.15) is 52.3 Å². The molecule has 1 aliphatic rings. The molecule has 41 heavy (non-hydrogen) atoms. The Morgan fingerprint density at radius 3 is 2.10 bits per heavy atom. The van der Waals surface area contributed by atoms with E-state index in [9.17, 15) is 49.4 Å². The highest BCUT2D eigenvalue weighted by Gasteiger charge is 2.40. The van der Waals surface area contributed by atoms with Crippen LogP contribution in [-0.2, 0) is 32.1 Å². The molecule has 1 atom stereocenters. The summed E-state index contributed by atoms with van der Waals surface area (Å²) < 4.78 is 122. The summed E-state index contributed by atoms with van der Waals surface area (Å²) in [6.45, 7) is 0.230. The number of amides is 1. The number of carboxylic acid groups (broad SMARTS) is 1. The summed E-state index contributed by atoms with van der Waals surface area (Å²) in [4.78, 5) is 15.0. The molecule has 0 saturated heterocycles. The molecule has 0 spiro atoms. The average molecular weight is 596 g/mol. The molecule has 3 aromatic rings. The number of alkyl halides is 9. The summed E-state index contributed by atoms with van der Waals surface area (Å²) in [6.07, 6.45) is -16.5. The van der Waals surface area contributed by atoms with Crippen molar-refractivity contribution in [3.8, 4) is 0 Å². The lowest BCUT2D eigenvalue weighted by Gasteiger charge is -2.33. The second kappa shape index (κ2) is 10.4. The van der Waals surface area contributed by atoms with Gasteiger partial charge in [0.2, 0.25) is 0 Å². The minimum absolute atomic E-state index is 0.0257. The molecule has 0 bridgehead atoms. The predicted octanol–water partition coefficient (Wildman–Crippen LogP) is 6.60. The molecule has 2 heterocycles. The molecule has 222 valence electrons. The molecule has 0 fully saturated rings. The summed E-state index contributed by atoms with van der Waals surface area (Å²) in [6, 6.07) is 1.77. The monoisotopic (exact) mass is 596 g/mol. The van der Waals surface area contributed by atoms with Gasteiger partial charge < -0.3 is 10.0 Å². The Hall–Kier alpha value is -4.05. The molecule has 1 N–H and O–H groups in total. The van der Waals surface area contributed by atoms with Gasteiger partial charge in [-0.25, -0.2) is 4.79 Å². The van der Waals surface area contributed by atoms with Gasteiger partial charge in [-0.2, -0.15) is 44.3 Å². The van der Waals surface area contributed by atoms with Gasteiger partial charge in [0.1, 0.15) is 0 Å². The van der Waals surface area contributed by atoms with Crippen molar-refractivity contribution in [3.63, 3.8) is 0 Å². The van der Waals surface area contributed by atoms with E-state index >= 15 is 0 Å². The molecule has 1 unspecified atom stereocenters. The van der Waals surface area contributed by atoms with E-state index in [4.69, 9.17) is 0 Å². The fourth-order valence-electron chi connectivity index (χ4n) is 4.90. The van der Waals surface area contributed by atoms with Crippen LogP contribution in [0.3, 0.4) is 0 Å². The third kappa shape index (κ3) is 6.17. The lowest BCUT2D eigenvalue weighted by molar-refractivity contribution is -0.143. The van der Waals surface area contributed by atoms with Crippen molar-refractivity contribution in [1.29, 1.82) is 0 Å². The summed E-state index contributed by atoms with van der Waals surface area (Å²) in [7, 11) is 1.35. The Morgan fingerprint density at radius 1 is 1.00 bits per heavy atom. The van der Waals surface area contributed by atoms with Crippen molar-refractivity contribution < 1.29 is 49.4 Å². The third-order valence-corrected chi connectivity index (χ3v) is 6.62. The van der Waals surface area contributed by atoms with E-state index < -0.39 is 65.0 Å². The average Bonchev–Trinajstić information content (AvgIpc) is 3.17. The summed E-state index contributed by atoms with van der Waals surface area (Å²) in [5, 5.41) is 21.3. The zero-order chi connectivity index (χ0) is 30.5. The number of halogens is 9. The topological polar surface area (TPSA) is 87.4 Å². The van der Waals surface area contributed by atoms with E-state index in [1.807, 2.05) is 0 Å². The Kier molecular flexibility index (Phi) is 7.60. The number of nitrogens with zero attached hydrogens (tertiary/aromatic N) is 6. The smallest absolute Gasteiger partial charge is 0.416 e. The van der Waals surface area contributed by atoms with Gasteiger partial charge in [-0.15, -0.1) is 5.10 Å². The number of carbonyl (C=O) groups is 1. The van der Waals surface area contributed by atoms with Gasteiger partial charge in [0.25, 0.3) is 5.95 Å². The van der Waals surface area contributed by atoms with Crippen molar-refractivity contribution in [2.75, 3.05) is 16.3 Å². The normalized spacial score (nSPS) is 16.4. The van der Waals surface area contributed by atoms with Crippen molar-refractivity contribution in [3.05, 3.63) is 63.7 Å². The van der Waals surface area contributed by atoms with Crippen molar-refractivity contribution >= 4 is 17.7 Å². The number of tetrazole rings is 1. The highest BCUT2D eigenvalue weighted by molar-refractivity contribution is 5.89. The molecule has 0 radical (unpaired) electrons. The number of benzene rings is 2. The first-order valence-corrected chi connectivity index (χ1v) is 11.9. The van der Waals surface area contributed by atoms with Crippen LogP contribution in [-0.4, -0.2) is 38.0 Å². The number of hydrogen-bond acceptors (Lipinski definition) is 5. The van der Waals surface area contributed by atoms with Crippen LogP contribution < -0.4 is 9.80 Å².